The van der Waals surface area contributed by atoms with Crippen molar-refractivity contribution in [2.75, 3.05) is 6.54 Å². The zero-order valence-electron chi connectivity index (χ0n) is 11.2. The van der Waals surface area contributed by atoms with Gasteiger partial charge in [0.2, 0.25) is 5.91 Å². The van der Waals surface area contributed by atoms with E-state index in [0.717, 1.165) is 19.4 Å². The molecule has 1 amide bonds. The third-order valence-electron chi connectivity index (χ3n) is 3.56. The van der Waals surface area contributed by atoms with Gasteiger partial charge in [-0.15, -0.1) is 0 Å². The maximum Gasteiger partial charge on any atom is 0.240 e. The number of hydrogen-bond acceptors (Lipinski definition) is 2. The molecule has 0 unspecified atom stereocenters. The number of nitrogens with one attached hydrogen (secondary N) is 2. The summed E-state index contributed by atoms with van der Waals surface area (Å²) in [6, 6.07) is 0. The van der Waals surface area contributed by atoms with Crippen LogP contribution in [0.15, 0.2) is 0 Å². The second-order valence-corrected chi connectivity index (χ2v) is 5.73. The SMILES string of the molecule is CCNC(C)(C)C(=O)NC1(C)CCCCC1. The van der Waals surface area contributed by atoms with E-state index < -0.39 is 5.54 Å². The van der Waals surface area contributed by atoms with E-state index in [1.54, 1.807) is 0 Å². The molecule has 94 valence electrons. The molecule has 0 bridgehead atoms. The Labute approximate surface area is 99.4 Å². The molecule has 0 saturated heterocycles. The molecule has 0 spiro atoms. The highest BCUT2D eigenvalue weighted by Crippen LogP contribution is 2.28. The van der Waals surface area contributed by atoms with Gasteiger partial charge in [-0.25, -0.2) is 0 Å². The van der Waals surface area contributed by atoms with Crippen LogP contribution < -0.4 is 10.6 Å². The van der Waals surface area contributed by atoms with E-state index in [2.05, 4.69) is 17.6 Å². The summed E-state index contributed by atoms with van der Waals surface area (Å²) in [5.41, 5.74) is -0.447. The van der Waals surface area contributed by atoms with Gasteiger partial charge in [0.05, 0.1) is 5.54 Å². The number of rotatable bonds is 4. The molecule has 0 aliphatic heterocycles. The Morgan fingerprint density at radius 2 is 1.81 bits per heavy atom. The highest BCUT2D eigenvalue weighted by molar-refractivity contribution is 5.86. The van der Waals surface area contributed by atoms with Crippen LogP contribution in [0.4, 0.5) is 0 Å². The predicted octanol–water partition coefficient (Wildman–Crippen LogP) is 2.21. The summed E-state index contributed by atoms with van der Waals surface area (Å²) in [6.07, 6.45) is 6.00. The van der Waals surface area contributed by atoms with Gasteiger partial charge >= 0.3 is 0 Å². The lowest BCUT2D eigenvalue weighted by Gasteiger charge is -2.37. The first-order valence-corrected chi connectivity index (χ1v) is 6.47. The van der Waals surface area contributed by atoms with Crippen molar-refractivity contribution in [3.05, 3.63) is 0 Å². The van der Waals surface area contributed by atoms with Gasteiger partial charge in [0.25, 0.3) is 0 Å². The van der Waals surface area contributed by atoms with Crippen molar-refractivity contribution >= 4 is 5.91 Å². The summed E-state index contributed by atoms with van der Waals surface area (Å²) in [6.45, 7) is 8.90. The van der Waals surface area contributed by atoms with E-state index >= 15 is 0 Å². The Bertz CT molecular complexity index is 242. The molecule has 3 nitrogen and oxygen atoms in total. The third kappa shape index (κ3) is 3.48. The van der Waals surface area contributed by atoms with E-state index in [-0.39, 0.29) is 11.4 Å². The number of carbonyl (C=O) groups is 1. The normalized spacial score (nSPS) is 20.5. The summed E-state index contributed by atoms with van der Waals surface area (Å²) >= 11 is 0. The first-order valence-electron chi connectivity index (χ1n) is 6.47. The quantitative estimate of drug-likeness (QED) is 0.771. The minimum atomic E-state index is -0.463. The van der Waals surface area contributed by atoms with Gasteiger partial charge in [-0.1, -0.05) is 26.2 Å². The Hall–Kier alpha value is -0.570. The van der Waals surface area contributed by atoms with Crippen molar-refractivity contribution in [2.24, 2.45) is 0 Å². The summed E-state index contributed by atoms with van der Waals surface area (Å²) in [5.74, 6) is 0.124. The van der Waals surface area contributed by atoms with Crippen LogP contribution >= 0.6 is 0 Å². The molecule has 16 heavy (non-hydrogen) atoms. The molecule has 0 atom stereocenters. The molecule has 0 aromatic heterocycles. The van der Waals surface area contributed by atoms with Crippen LogP contribution in [0.5, 0.6) is 0 Å². The number of carbonyl (C=O) groups excluding carboxylic acids is 1. The lowest BCUT2D eigenvalue weighted by molar-refractivity contribution is -0.128. The van der Waals surface area contributed by atoms with Crippen LogP contribution in [0.1, 0.15) is 59.8 Å². The maximum absolute atomic E-state index is 12.2. The van der Waals surface area contributed by atoms with Gasteiger partial charge in [-0.3, -0.25) is 4.79 Å². The Balaban J connectivity index is 2.55. The van der Waals surface area contributed by atoms with E-state index in [1.807, 2.05) is 20.8 Å². The van der Waals surface area contributed by atoms with Crippen molar-refractivity contribution in [3.8, 4) is 0 Å². The molecule has 0 radical (unpaired) electrons. The molecule has 0 aromatic carbocycles. The first kappa shape index (κ1) is 13.5. The number of amides is 1. The zero-order chi connectivity index (χ0) is 12.2. The van der Waals surface area contributed by atoms with Gasteiger partial charge in [0.1, 0.15) is 0 Å². The fraction of sp³-hybridized carbons (Fsp3) is 0.923. The fourth-order valence-corrected chi connectivity index (χ4v) is 2.41. The standard InChI is InChI=1S/C13H26N2O/c1-5-14-12(2,3)11(16)15-13(4)9-7-6-8-10-13/h14H,5-10H2,1-4H3,(H,15,16). The third-order valence-corrected chi connectivity index (χ3v) is 3.56. The minimum absolute atomic E-state index is 0.0159. The van der Waals surface area contributed by atoms with Crippen LogP contribution in [0, 0.1) is 0 Å². The highest BCUT2D eigenvalue weighted by Gasteiger charge is 2.34. The van der Waals surface area contributed by atoms with Crippen LogP contribution in [-0.2, 0) is 4.79 Å². The topological polar surface area (TPSA) is 41.1 Å². The average Bonchev–Trinajstić information content (AvgIpc) is 2.17. The zero-order valence-corrected chi connectivity index (χ0v) is 11.2. The van der Waals surface area contributed by atoms with Crippen LogP contribution in [-0.4, -0.2) is 23.5 Å². The molecule has 0 heterocycles. The van der Waals surface area contributed by atoms with Crippen molar-refractivity contribution in [3.63, 3.8) is 0 Å². The van der Waals surface area contributed by atoms with Gasteiger partial charge in [0.15, 0.2) is 0 Å². The molecule has 1 rings (SSSR count). The summed E-state index contributed by atoms with van der Waals surface area (Å²) in [5, 5.41) is 6.44. The molecule has 0 aromatic rings. The highest BCUT2D eigenvalue weighted by atomic mass is 16.2. The van der Waals surface area contributed by atoms with Crippen LogP contribution in [0.2, 0.25) is 0 Å². The molecule has 2 N–H and O–H groups in total. The van der Waals surface area contributed by atoms with Crippen molar-refractivity contribution < 1.29 is 4.79 Å². The van der Waals surface area contributed by atoms with Crippen LogP contribution in [0.25, 0.3) is 0 Å². The van der Waals surface area contributed by atoms with Crippen molar-refractivity contribution in [2.45, 2.75) is 70.9 Å². The second-order valence-electron chi connectivity index (χ2n) is 5.73. The largest absolute Gasteiger partial charge is 0.349 e. The fourth-order valence-electron chi connectivity index (χ4n) is 2.41. The summed E-state index contributed by atoms with van der Waals surface area (Å²) in [4.78, 5) is 12.2. The lowest BCUT2D eigenvalue weighted by Crippen LogP contribution is -2.58. The minimum Gasteiger partial charge on any atom is -0.349 e. The molecular formula is C13H26N2O. The Morgan fingerprint density at radius 1 is 1.25 bits per heavy atom. The van der Waals surface area contributed by atoms with Crippen molar-refractivity contribution in [1.29, 1.82) is 0 Å². The molecule has 1 aliphatic rings. The molecular weight excluding hydrogens is 200 g/mol. The second kappa shape index (κ2) is 5.17. The summed E-state index contributed by atoms with van der Waals surface area (Å²) in [7, 11) is 0. The molecule has 1 aliphatic carbocycles. The predicted molar refractivity (Wildman–Crippen MR) is 67.4 cm³/mol. The number of hydrogen-bond donors (Lipinski definition) is 2. The van der Waals surface area contributed by atoms with E-state index in [0.29, 0.717) is 0 Å². The van der Waals surface area contributed by atoms with E-state index in [4.69, 9.17) is 0 Å². The lowest BCUT2D eigenvalue weighted by atomic mass is 9.82. The monoisotopic (exact) mass is 226 g/mol. The van der Waals surface area contributed by atoms with Crippen molar-refractivity contribution in [1.82, 2.24) is 10.6 Å². The van der Waals surface area contributed by atoms with Gasteiger partial charge < -0.3 is 10.6 Å². The molecule has 1 saturated carbocycles. The summed E-state index contributed by atoms with van der Waals surface area (Å²) < 4.78 is 0. The Morgan fingerprint density at radius 3 is 2.31 bits per heavy atom. The maximum atomic E-state index is 12.2. The van der Waals surface area contributed by atoms with Gasteiger partial charge in [0, 0.05) is 5.54 Å². The first-order chi connectivity index (χ1) is 7.40. The Kier molecular flexibility index (Phi) is 4.36. The molecule has 1 fully saturated rings. The molecule has 3 heteroatoms. The number of likely N-dealkylation sites (N-methyl/N-ethyl adjacent to an activating group) is 1. The van der Waals surface area contributed by atoms with Crippen LogP contribution in [0.3, 0.4) is 0 Å². The smallest absolute Gasteiger partial charge is 0.240 e. The average molecular weight is 226 g/mol. The van der Waals surface area contributed by atoms with E-state index in [9.17, 15) is 4.79 Å². The van der Waals surface area contributed by atoms with Gasteiger partial charge in [-0.05, 0) is 40.2 Å². The van der Waals surface area contributed by atoms with Gasteiger partial charge in [-0.2, -0.15) is 0 Å². The van der Waals surface area contributed by atoms with E-state index in [1.165, 1.54) is 19.3 Å².